The first kappa shape index (κ1) is 21.5. The lowest BCUT2D eigenvalue weighted by molar-refractivity contribution is -0.156. The van der Waals surface area contributed by atoms with E-state index >= 15 is 0 Å². The van der Waals surface area contributed by atoms with E-state index in [1.807, 2.05) is 0 Å². The summed E-state index contributed by atoms with van der Waals surface area (Å²) in [7, 11) is 0. The van der Waals surface area contributed by atoms with Crippen molar-refractivity contribution < 1.29 is 29.3 Å². The van der Waals surface area contributed by atoms with E-state index in [0.29, 0.717) is 13.2 Å². The fourth-order valence-corrected chi connectivity index (χ4v) is 9.10. The van der Waals surface area contributed by atoms with Crippen LogP contribution in [0.3, 0.4) is 0 Å². The molecule has 0 bridgehead atoms. The molecule has 6 aliphatic heterocycles. The zero-order valence-electron chi connectivity index (χ0n) is 18.1. The van der Waals surface area contributed by atoms with Gasteiger partial charge in [-0.25, -0.2) is 0 Å². The maximum Gasteiger partial charge on any atom is 0.236 e. The van der Waals surface area contributed by atoms with E-state index in [4.69, 9.17) is 9.47 Å². The first-order valence-corrected chi connectivity index (χ1v) is 13.2. The van der Waals surface area contributed by atoms with Gasteiger partial charge >= 0.3 is 0 Å². The minimum absolute atomic E-state index is 0.103. The number of nitrogens with zero attached hydrogens (tertiary/aromatic N) is 2. The molecule has 4 fully saturated rings. The van der Waals surface area contributed by atoms with E-state index in [2.05, 4.69) is 0 Å². The second-order valence-electron chi connectivity index (χ2n) is 9.40. The molecular weight excluding hydrogens is 452 g/mol. The van der Waals surface area contributed by atoms with Gasteiger partial charge in [0.2, 0.25) is 11.8 Å². The number of aliphatic hydroxyl groups is 2. The highest BCUT2D eigenvalue weighted by molar-refractivity contribution is 8.04. The summed E-state index contributed by atoms with van der Waals surface area (Å²) in [6, 6.07) is 0. The Hall–Kier alpha value is -1.04. The molecule has 0 aliphatic carbocycles. The molecule has 0 radical (unpaired) electrons. The summed E-state index contributed by atoms with van der Waals surface area (Å²) >= 11 is 3.20. The maximum absolute atomic E-state index is 13.2. The van der Waals surface area contributed by atoms with Gasteiger partial charge in [0.1, 0.15) is 10.7 Å². The third kappa shape index (κ3) is 2.86. The topological polar surface area (TPSA) is 99.5 Å². The number of hydrogen-bond donors (Lipinski definition) is 2. The van der Waals surface area contributed by atoms with Crippen LogP contribution in [0.15, 0.2) is 21.2 Å². The van der Waals surface area contributed by atoms with E-state index < -0.39 is 24.0 Å². The van der Waals surface area contributed by atoms with E-state index in [0.717, 1.165) is 46.9 Å². The Kier molecular flexibility index (Phi) is 5.20. The Morgan fingerprint density at radius 1 is 0.812 bits per heavy atom. The van der Waals surface area contributed by atoms with Gasteiger partial charge in [0, 0.05) is 23.0 Å². The molecule has 174 valence electrons. The zero-order chi connectivity index (χ0) is 22.3. The van der Waals surface area contributed by atoms with E-state index in [9.17, 15) is 19.8 Å². The van der Waals surface area contributed by atoms with Crippen molar-refractivity contribution >= 4 is 35.3 Å². The van der Waals surface area contributed by atoms with Crippen molar-refractivity contribution in [1.29, 1.82) is 0 Å². The molecule has 0 spiro atoms. The summed E-state index contributed by atoms with van der Waals surface area (Å²) in [6.07, 6.45) is 2.01. The molecule has 0 aromatic carbocycles. The number of ether oxygens (including phenoxy) is 2. The molecule has 0 saturated carbocycles. The van der Waals surface area contributed by atoms with Gasteiger partial charge in [-0.2, -0.15) is 0 Å². The Bertz CT molecular complexity index is 847. The van der Waals surface area contributed by atoms with Crippen molar-refractivity contribution in [3.8, 4) is 0 Å². The van der Waals surface area contributed by atoms with Gasteiger partial charge in [0.05, 0.1) is 47.6 Å². The van der Waals surface area contributed by atoms with Crippen LogP contribution in [0, 0.1) is 11.8 Å². The molecule has 2 amide bonds. The summed E-state index contributed by atoms with van der Waals surface area (Å²) < 4.78 is 12.1. The number of aliphatic hydroxyl groups excluding tert-OH is 2. The lowest BCUT2D eigenvalue weighted by Gasteiger charge is -2.48. The number of β-lactam (4-membered cyclic amide) rings is 2. The van der Waals surface area contributed by atoms with Crippen LogP contribution in [0.1, 0.15) is 39.5 Å². The zero-order valence-corrected chi connectivity index (χ0v) is 19.7. The lowest BCUT2D eigenvalue weighted by Crippen LogP contribution is -2.63. The molecule has 8 nitrogen and oxygen atoms in total. The molecule has 2 N–H and O–H groups in total. The summed E-state index contributed by atoms with van der Waals surface area (Å²) in [6.45, 7) is 4.69. The first-order chi connectivity index (χ1) is 15.4. The number of amides is 2. The second kappa shape index (κ2) is 7.74. The molecule has 10 heteroatoms. The van der Waals surface area contributed by atoms with Crippen LogP contribution in [0.4, 0.5) is 0 Å². The molecule has 6 rings (SSSR count). The number of fused-ring (bicyclic) bond motifs is 2. The van der Waals surface area contributed by atoms with Gasteiger partial charge in [-0.15, -0.1) is 0 Å². The van der Waals surface area contributed by atoms with Crippen LogP contribution in [-0.2, 0) is 19.1 Å². The summed E-state index contributed by atoms with van der Waals surface area (Å²) in [4.78, 5) is 31.9. The Morgan fingerprint density at radius 2 is 1.22 bits per heavy atom. The van der Waals surface area contributed by atoms with Crippen LogP contribution in [0.25, 0.3) is 0 Å². The third-order valence-corrected chi connectivity index (χ3v) is 10.2. The molecule has 6 aliphatic rings. The number of thioether (sulfide) groups is 2. The van der Waals surface area contributed by atoms with Crippen molar-refractivity contribution in [2.24, 2.45) is 11.8 Å². The molecule has 0 unspecified atom stereocenters. The summed E-state index contributed by atoms with van der Waals surface area (Å²) in [5.41, 5.74) is 1.54. The van der Waals surface area contributed by atoms with Gasteiger partial charge < -0.3 is 19.7 Å². The molecular formula is C22H28N2O6S2. The second-order valence-corrected chi connectivity index (χ2v) is 11.7. The smallest absolute Gasteiger partial charge is 0.236 e. The van der Waals surface area contributed by atoms with Gasteiger partial charge in [-0.05, 0) is 39.5 Å². The van der Waals surface area contributed by atoms with Crippen molar-refractivity contribution in [3.05, 3.63) is 21.2 Å². The fraction of sp³-hybridized carbons (Fsp3) is 0.727. The predicted molar refractivity (Wildman–Crippen MR) is 119 cm³/mol. The quantitative estimate of drug-likeness (QED) is 0.573. The average Bonchev–Trinajstić information content (AvgIpc) is 3.50. The highest BCUT2D eigenvalue weighted by Crippen LogP contribution is 2.61. The number of rotatable bonds is 5. The molecule has 6 heterocycles. The minimum atomic E-state index is -0.732. The minimum Gasteiger partial charge on any atom is -0.392 e. The normalized spacial score (nSPS) is 40.6. The third-order valence-electron chi connectivity index (χ3n) is 7.32. The van der Waals surface area contributed by atoms with Gasteiger partial charge in [0.25, 0.3) is 0 Å². The van der Waals surface area contributed by atoms with Crippen molar-refractivity contribution in [2.45, 2.75) is 74.7 Å². The molecule has 0 aromatic heterocycles. The Balaban J connectivity index is 1.46. The highest BCUT2D eigenvalue weighted by Gasteiger charge is 2.63. The van der Waals surface area contributed by atoms with Gasteiger partial charge in [-0.1, -0.05) is 23.5 Å². The van der Waals surface area contributed by atoms with Gasteiger partial charge in [0.15, 0.2) is 0 Å². The lowest BCUT2D eigenvalue weighted by atomic mass is 9.88. The molecule has 32 heavy (non-hydrogen) atoms. The monoisotopic (exact) mass is 480 g/mol. The Labute approximate surface area is 195 Å². The highest BCUT2D eigenvalue weighted by atomic mass is 32.2. The maximum atomic E-state index is 13.2. The standard InChI is InChI=1S/C22H28N2O6S2/c1-9(25)13-19(27)23-15(17(31-21(13)23)11-5-3-7-29-11)16-18(12-6-4-8-30-12)32-22-14(10(2)26)20(28)24(16)22/h9-14,21-22,25-26H,3-8H2,1-2H3/t9-,10-,11-,12-,13+,14+,21-,22-/m1/s1. The van der Waals surface area contributed by atoms with E-state index in [-0.39, 0.29) is 34.8 Å². The van der Waals surface area contributed by atoms with Crippen molar-refractivity contribution in [2.75, 3.05) is 13.2 Å². The molecule has 0 aromatic rings. The molecule has 4 saturated heterocycles. The number of carbonyl (C=O) groups is 2. The SMILES string of the molecule is C[C@@H](O)[C@H]1C(=O)N2C(C3=C([C@H]4CCCO4)S[C@@H]4[C@@H]([C@@H](C)O)C(=O)N34)=C([C@H]3CCCO3)S[C@H]12. The number of carbonyl (C=O) groups excluding carboxylic acids is 2. The fourth-order valence-electron chi connectivity index (χ4n) is 5.69. The van der Waals surface area contributed by atoms with E-state index in [1.54, 1.807) is 47.2 Å². The first-order valence-electron chi connectivity index (χ1n) is 11.5. The summed E-state index contributed by atoms with van der Waals surface area (Å²) in [5, 5.41) is 20.1. The van der Waals surface area contributed by atoms with Crippen LogP contribution in [0.5, 0.6) is 0 Å². The Morgan fingerprint density at radius 3 is 1.53 bits per heavy atom. The average molecular weight is 481 g/mol. The predicted octanol–water partition coefficient (Wildman–Crippen LogP) is 1.59. The summed E-state index contributed by atoms with van der Waals surface area (Å²) in [5.74, 6) is -1.12. The van der Waals surface area contributed by atoms with Crippen LogP contribution < -0.4 is 0 Å². The van der Waals surface area contributed by atoms with Crippen molar-refractivity contribution in [3.63, 3.8) is 0 Å². The van der Waals surface area contributed by atoms with Crippen LogP contribution >= 0.6 is 23.5 Å². The van der Waals surface area contributed by atoms with Crippen molar-refractivity contribution in [1.82, 2.24) is 9.80 Å². The van der Waals surface area contributed by atoms with Gasteiger partial charge in [-0.3, -0.25) is 19.4 Å². The van der Waals surface area contributed by atoms with Crippen LogP contribution in [-0.4, -0.2) is 80.2 Å². The van der Waals surface area contributed by atoms with E-state index in [1.165, 1.54) is 0 Å². The largest absolute Gasteiger partial charge is 0.392 e. The number of hydrogen-bond acceptors (Lipinski definition) is 8. The van der Waals surface area contributed by atoms with Crippen LogP contribution in [0.2, 0.25) is 0 Å². The molecule has 8 atom stereocenters.